The number of amides is 1. The van der Waals surface area contributed by atoms with Gasteiger partial charge in [0.2, 0.25) is 15.9 Å². The quantitative estimate of drug-likeness (QED) is 0.452. The average Bonchev–Trinajstić information content (AvgIpc) is 3.30. The largest absolute Gasteiger partial charge is 0.370 e. The maximum atomic E-state index is 13.1. The number of hydrogen-bond acceptors (Lipinski definition) is 6. The minimum Gasteiger partial charge on any atom is -0.370 e. The van der Waals surface area contributed by atoms with Gasteiger partial charge in [0, 0.05) is 58.9 Å². The molecule has 1 aliphatic heterocycles. The van der Waals surface area contributed by atoms with E-state index < -0.39 is 10.0 Å². The number of sulfonamides is 1. The maximum absolute atomic E-state index is 13.1. The van der Waals surface area contributed by atoms with Crippen LogP contribution in [0.4, 0.5) is 0 Å². The van der Waals surface area contributed by atoms with Gasteiger partial charge in [0.25, 0.3) is 0 Å². The van der Waals surface area contributed by atoms with E-state index in [1.165, 1.54) is 4.31 Å². The number of nitrogens with zero attached hydrogens (tertiary/aromatic N) is 4. The highest BCUT2D eigenvalue weighted by molar-refractivity contribution is 7.89. The van der Waals surface area contributed by atoms with Crippen molar-refractivity contribution in [2.45, 2.75) is 63.9 Å². The second kappa shape index (κ2) is 12.1. The Morgan fingerprint density at radius 3 is 2.29 bits per heavy atom. The maximum Gasteiger partial charge on any atom is 0.248 e. The minimum absolute atomic E-state index is 0.0245. The molecule has 1 heterocycles. The zero-order chi connectivity index (χ0) is 25.8. The van der Waals surface area contributed by atoms with Gasteiger partial charge in [-0.05, 0) is 57.7 Å². The van der Waals surface area contributed by atoms with Crippen molar-refractivity contribution in [3.63, 3.8) is 0 Å². The summed E-state index contributed by atoms with van der Waals surface area (Å²) in [7, 11) is -0.191. The number of hydrogen-bond donors (Lipinski definition) is 0. The summed E-state index contributed by atoms with van der Waals surface area (Å²) in [4.78, 5) is 20.0. The second-order valence-electron chi connectivity index (χ2n) is 10.2. The van der Waals surface area contributed by atoms with E-state index in [1.807, 2.05) is 44.9 Å². The first-order valence-electron chi connectivity index (χ1n) is 12.9. The number of benzene rings is 1. The SMILES string of the molecule is CCN1CCN([C@H]2CC[C@@H](N(C)C(=O)COCCN(C)S(=O)(=O)c3c(C)cc(C)cc3C)C2)CC1. The van der Waals surface area contributed by atoms with E-state index in [9.17, 15) is 13.2 Å². The molecule has 1 saturated carbocycles. The van der Waals surface area contributed by atoms with Crippen molar-refractivity contribution in [1.29, 1.82) is 0 Å². The summed E-state index contributed by atoms with van der Waals surface area (Å²) in [5.41, 5.74) is 2.53. The fourth-order valence-corrected chi connectivity index (χ4v) is 7.13. The van der Waals surface area contributed by atoms with E-state index in [0.717, 1.165) is 68.7 Å². The van der Waals surface area contributed by atoms with E-state index in [1.54, 1.807) is 7.05 Å². The summed E-state index contributed by atoms with van der Waals surface area (Å²) in [6, 6.07) is 4.58. The van der Waals surface area contributed by atoms with E-state index in [0.29, 0.717) is 10.9 Å². The van der Waals surface area contributed by atoms with Gasteiger partial charge in [-0.2, -0.15) is 4.31 Å². The summed E-state index contributed by atoms with van der Waals surface area (Å²) < 4.78 is 33.1. The molecule has 0 N–H and O–H groups in total. The third-order valence-corrected chi connectivity index (χ3v) is 9.90. The van der Waals surface area contributed by atoms with Gasteiger partial charge in [0.05, 0.1) is 11.5 Å². The molecule has 3 rings (SSSR count). The van der Waals surface area contributed by atoms with Crippen LogP contribution in [0.3, 0.4) is 0 Å². The fourth-order valence-electron chi connectivity index (χ4n) is 5.57. The number of aryl methyl sites for hydroxylation is 3. The minimum atomic E-state index is -3.62. The fraction of sp³-hybridized carbons (Fsp3) is 0.731. The molecule has 0 aromatic heterocycles. The van der Waals surface area contributed by atoms with Gasteiger partial charge < -0.3 is 14.5 Å². The third kappa shape index (κ3) is 6.83. The zero-order valence-electron chi connectivity index (χ0n) is 22.4. The van der Waals surface area contributed by atoms with Gasteiger partial charge in [0.1, 0.15) is 6.61 Å². The Morgan fingerprint density at radius 2 is 1.69 bits per heavy atom. The van der Waals surface area contributed by atoms with E-state index in [4.69, 9.17) is 4.74 Å². The Labute approximate surface area is 212 Å². The second-order valence-corrected chi connectivity index (χ2v) is 12.2. The normalized spacial score (nSPS) is 22.1. The summed E-state index contributed by atoms with van der Waals surface area (Å²) in [6.07, 6.45) is 3.18. The predicted octanol–water partition coefficient (Wildman–Crippen LogP) is 2.27. The van der Waals surface area contributed by atoms with Crippen molar-refractivity contribution >= 4 is 15.9 Å². The van der Waals surface area contributed by atoms with Crippen molar-refractivity contribution in [2.75, 3.05) is 66.6 Å². The Hall–Kier alpha value is -1.52. The highest BCUT2D eigenvalue weighted by atomic mass is 32.2. The van der Waals surface area contributed by atoms with Crippen LogP contribution >= 0.6 is 0 Å². The van der Waals surface area contributed by atoms with Crippen LogP contribution in [0, 0.1) is 20.8 Å². The Kier molecular flexibility index (Phi) is 9.74. The van der Waals surface area contributed by atoms with Gasteiger partial charge in [-0.3, -0.25) is 9.69 Å². The topological polar surface area (TPSA) is 73.4 Å². The molecule has 1 saturated heterocycles. The molecule has 35 heavy (non-hydrogen) atoms. The number of ether oxygens (including phenoxy) is 1. The zero-order valence-corrected chi connectivity index (χ0v) is 23.2. The van der Waals surface area contributed by atoms with Crippen LogP contribution in [0.5, 0.6) is 0 Å². The molecular formula is C26H44N4O4S. The lowest BCUT2D eigenvalue weighted by Gasteiger charge is -2.38. The van der Waals surface area contributed by atoms with Crippen LogP contribution in [-0.2, 0) is 19.6 Å². The van der Waals surface area contributed by atoms with Crippen molar-refractivity contribution < 1.29 is 17.9 Å². The summed E-state index contributed by atoms with van der Waals surface area (Å²) in [6.45, 7) is 13.8. The molecule has 2 aliphatic rings. The van der Waals surface area contributed by atoms with Crippen LogP contribution < -0.4 is 0 Å². The van der Waals surface area contributed by atoms with Crippen molar-refractivity contribution in [2.24, 2.45) is 0 Å². The predicted molar refractivity (Wildman–Crippen MR) is 139 cm³/mol. The Morgan fingerprint density at radius 1 is 1.06 bits per heavy atom. The molecule has 1 aromatic rings. The number of piperazine rings is 1. The van der Waals surface area contributed by atoms with Crippen LogP contribution in [0.2, 0.25) is 0 Å². The lowest BCUT2D eigenvalue weighted by molar-refractivity contribution is -0.136. The Bertz CT molecular complexity index is 953. The molecule has 1 aromatic carbocycles. The first-order valence-corrected chi connectivity index (χ1v) is 14.3. The lowest BCUT2D eigenvalue weighted by Crippen LogP contribution is -2.50. The monoisotopic (exact) mass is 508 g/mol. The lowest BCUT2D eigenvalue weighted by atomic mass is 10.1. The van der Waals surface area contributed by atoms with Crippen LogP contribution in [0.15, 0.2) is 17.0 Å². The third-order valence-electron chi connectivity index (χ3n) is 7.74. The van der Waals surface area contributed by atoms with E-state index >= 15 is 0 Å². The summed E-state index contributed by atoms with van der Waals surface area (Å²) >= 11 is 0. The number of carbonyl (C=O) groups is 1. The molecule has 8 nitrogen and oxygen atoms in total. The van der Waals surface area contributed by atoms with Crippen LogP contribution in [0.1, 0.15) is 42.9 Å². The van der Waals surface area contributed by atoms with Gasteiger partial charge in [-0.15, -0.1) is 0 Å². The van der Waals surface area contributed by atoms with Gasteiger partial charge in [0.15, 0.2) is 0 Å². The van der Waals surface area contributed by atoms with Crippen molar-refractivity contribution in [1.82, 2.24) is 19.0 Å². The van der Waals surface area contributed by atoms with Gasteiger partial charge in [-0.1, -0.05) is 24.6 Å². The van der Waals surface area contributed by atoms with Crippen molar-refractivity contribution in [3.8, 4) is 0 Å². The number of rotatable bonds is 10. The molecule has 0 unspecified atom stereocenters. The summed E-state index contributed by atoms with van der Waals surface area (Å²) in [5, 5.41) is 0. The average molecular weight is 509 g/mol. The first kappa shape index (κ1) is 28.1. The van der Waals surface area contributed by atoms with Gasteiger partial charge >= 0.3 is 0 Å². The molecule has 9 heteroatoms. The molecule has 0 bridgehead atoms. The highest BCUT2D eigenvalue weighted by Crippen LogP contribution is 2.28. The molecule has 0 radical (unpaired) electrons. The first-order chi connectivity index (χ1) is 16.5. The van der Waals surface area contributed by atoms with Crippen LogP contribution in [-0.4, -0.2) is 112 Å². The highest BCUT2D eigenvalue weighted by Gasteiger charge is 2.34. The van der Waals surface area contributed by atoms with Crippen LogP contribution in [0.25, 0.3) is 0 Å². The standard InChI is InChI=1S/C26H44N4O4S/c1-7-29-10-12-30(13-11-29)24-9-8-23(18-24)28(6)25(31)19-34-15-14-27(5)35(32,33)26-21(3)16-20(2)17-22(26)4/h16-17,23-24H,7-15,18-19H2,1-6H3/t23-,24+/m1/s1. The molecule has 1 amide bonds. The molecule has 198 valence electrons. The molecular weight excluding hydrogens is 464 g/mol. The molecule has 2 fully saturated rings. The number of carbonyl (C=O) groups excluding carboxylic acids is 1. The number of likely N-dealkylation sites (N-methyl/N-ethyl adjacent to an activating group) is 3. The molecule has 0 spiro atoms. The summed E-state index contributed by atoms with van der Waals surface area (Å²) in [5.74, 6) is -0.0396. The van der Waals surface area contributed by atoms with Crippen molar-refractivity contribution in [3.05, 3.63) is 28.8 Å². The van der Waals surface area contributed by atoms with Gasteiger partial charge in [-0.25, -0.2) is 8.42 Å². The Balaban J connectivity index is 1.42. The van der Waals surface area contributed by atoms with E-state index in [2.05, 4.69) is 16.7 Å². The smallest absolute Gasteiger partial charge is 0.248 e. The molecule has 2 atom stereocenters. The van der Waals surface area contributed by atoms with E-state index in [-0.39, 0.29) is 31.7 Å². The molecule has 1 aliphatic carbocycles.